The number of para-hydroxylation sites is 1. The summed E-state index contributed by atoms with van der Waals surface area (Å²) in [5, 5.41) is 18.8. The first-order valence-electron chi connectivity index (χ1n) is 5.79. The van der Waals surface area contributed by atoms with E-state index in [1.54, 1.807) is 37.9 Å². The van der Waals surface area contributed by atoms with Gasteiger partial charge in [0.2, 0.25) is 0 Å². The molecule has 4 heteroatoms. The van der Waals surface area contributed by atoms with Crippen LogP contribution in [0.25, 0.3) is 0 Å². The van der Waals surface area contributed by atoms with Gasteiger partial charge in [-0.15, -0.1) is 0 Å². The third kappa shape index (κ3) is 3.68. The van der Waals surface area contributed by atoms with Gasteiger partial charge in [0, 0.05) is 19.2 Å². The van der Waals surface area contributed by atoms with Gasteiger partial charge < -0.3 is 15.1 Å². The van der Waals surface area contributed by atoms with Crippen molar-refractivity contribution in [3.05, 3.63) is 29.6 Å². The van der Waals surface area contributed by atoms with Crippen molar-refractivity contribution >= 4 is 5.69 Å². The van der Waals surface area contributed by atoms with Gasteiger partial charge >= 0.3 is 0 Å². The lowest BCUT2D eigenvalue weighted by Crippen LogP contribution is -2.24. The summed E-state index contributed by atoms with van der Waals surface area (Å²) in [6.07, 6.45) is -0.571. The van der Waals surface area contributed by atoms with Gasteiger partial charge in [-0.2, -0.15) is 0 Å². The summed E-state index contributed by atoms with van der Waals surface area (Å²) in [6, 6.07) is 4.67. The first kappa shape index (κ1) is 13.9. The van der Waals surface area contributed by atoms with Crippen LogP contribution in [0.1, 0.15) is 31.9 Å². The minimum absolute atomic E-state index is 0.350. The summed E-state index contributed by atoms with van der Waals surface area (Å²) in [5.74, 6) is -0.350. The Morgan fingerprint density at radius 2 is 1.94 bits per heavy atom. The van der Waals surface area contributed by atoms with Crippen LogP contribution in [0, 0.1) is 5.82 Å². The molecule has 1 aromatic rings. The maximum absolute atomic E-state index is 13.8. The molecule has 0 spiro atoms. The maximum Gasteiger partial charge on any atom is 0.146 e. The molecule has 0 saturated heterocycles. The number of nitrogens with zero attached hydrogens (tertiary/aromatic N) is 1. The highest BCUT2D eigenvalue weighted by atomic mass is 19.1. The molecule has 0 aliphatic carbocycles. The summed E-state index contributed by atoms with van der Waals surface area (Å²) >= 11 is 0. The zero-order valence-corrected chi connectivity index (χ0v) is 10.5. The summed E-state index contributed by atoms with van der Waals surface area (Å²) < 4.78 is 13.8. The molecule has 0 bridgehead atoms. The molecule has 2 N–H and O–H groups in total. The second-order valence-electron chi connectivity index (χ2n) is 4.41. The molecule has 1 rings (SSSR count). The number of aliphatic hydroxyl groups excluding tert-OH is 2. The normalized spacial score (nSPS) is 14.5. The van der Waals surface area contributed by atoms with Crippen LogP contribution < -0.4 is 4.90 Å². The largest absolute Gasteiger partial charge is 0.393 e. The zero-order chi connectivity index (χ0) is 13.0. The van der Waals surface area contributed by atoms with Crippen LogP contribution in [0.4, 0.5) is 10.1 Å². The van der Waals surface area contributed by atoms with Gasteiger partial charge in [0.1, 0.15) is 5.82 Å². The monoisotopic (exact) mass is 241 g/mol. The second-order valence-corrected chi connectivity index (χ2v) is 4.41. The van der Waals surface area contributed by atoms with Crippen LogP contribution in [0.2, 0.25) is 0 Å². The number of benzene rings is 1. The van der Waals surface area contributed by atoms with Crippen molar-refractivity contribution in [2.75, 3.05) is 18.5 Å². The van der Waals surface area contributed by atoms with Crippen molar-refractivity contribution < 1.29 is 14.6 Å². The Labute approximate surface area is 101 Å². The van der Waals surface area contributed by atoms with E-state index in [2.05, 4.69) is 0 Å². The van der Waals surface area contributed by atoms with E-state index in [0.717, 1.165) is 0 Å². The Bertz CT molecular complexity index is 366. The van der Waals surface area contributed by atoms with Gasteiger partial charge in [-0.3, -0.25) is 0 Å². The molecule has 96 valence electrons. The van der Waals surface area contributed by atoms with E-state index in [9.17, 15) is 14.6 Å². The van der Waals surface area contributed by atoms with Crippen LogP contribution in [0.5, 0.6) is 0 Å². The fourth-order valence-electron chi connectivity index (χ4n) is 1.76. The quantitative estimate of drug-likeness (QED) is 0.829. The van der Waals surface area contributed by atoms with E-state index in [1.807, 2.05) is 0 Å². The molecule has 0 aliphatic rings. The van der Waals surface area contributed by atoms with Gasteiger partial charge in [0.15, 0.2) is 0 Å². The molecule has 1 aromatic carbocycles. The van der Waals surface area contributed by atoms with Crippen LogP contribution in [-0.4, -0.2) is 29.9 Å². The van der Waals surface area contributed by atoms with Crippen molar-refractivity contribution in [1.29, 1.82) is 0 Å². The Morgan fingerprint density at radius 1 is 1.29 bits per heavy atom. The number of hydrogen-bond donors (Lipinski definition) is 2. The first-order chi connectivity index (χ1) is 7.93. The molecular formula is C13H20FNO2. The third-order valence-electron chi connectivity index (χ3n) is 2.73. The Morgan fingerprint density at radius 3 is 2.47 bits per heavy atom. The molecule has 0 heterocycles. The highest BCUT2D eigenvalue weighted by Crippen LogP contribution is 2.28. The molecule has 0 aliphatic heterocycles. The van der Waals surface area contributed by atoms with E-state index >= 15 is 0 Å². The van der Waals surface area contributed by atoms with E-state index in [4.69, 9.17) is 0 Å². The van der Waals surface area contributed by atoms with Crippen molar-refractivity contribution in [3.8, 4) is 0 Å². The summed E-state index contributed by atoms with van der Waals surface area (Å²) in [6.45, 7) is 3.85. The molecule has 1 unspecified atom stereocenters. The SMILES string of the molecule is CC(O)CCN(C)c1c(F)cccc1[C@@H](C)O. The highest BCUT2D eigenvalue weighted by Gasteiger charge is 2.16. The molecule has 0 fully saturated rings. The fourth-order valence-corrected chi connectivity index (χ4v) is 1.76. The van der Waals surface area contributed by atoms with Gasteiger partial charge in [0.05, 0.1) is 17.9 Å². The molecule has 0 amide bonds. The summed E-state index contributed by atoms with van der Waals surface area (Å²) in [4.78, 5) is 1.73. The van der Waals surface area contributed by atoms with E-state index in [0.29, 0.717) is 24.2 Å². The number of halogens is 1. The molecule has 0 aromatic heterocycles. The van der Waals surface area contributed by atoms with E-state index in [1.165, 1.54) is 6.07 Å². The van der Waals surface area contributed by atoms with Gasteiger partial charge in [0.25, 0.3) is 0 Å². The molecule has 3 nitrogen and oxygen atoms in total. The predicted octanol–water partition coefficient (Wildman–Crippen LogP) is 2.09. The summed E-state index contributed by atoms with van der Waals surface area (Å²) in [7, 11) is 1.76. The zero-order valence-electron chi connectivity index (χ0n) is 10.5. The van der Waals surface area contributed by atoms with Crippen LogP contribution in [0.15, 0.2) is 18.2 Å². The topological polar surface area (TPSA) is 43.7 Å². The average Bonchev–Trinajstić information content (AvgIpc) is 2.25. The highest BCUT2D eigenvalue weighted by molar-refractivity contribution is 5.55. The Balaban J connectivity index is 2.94. The molecule has 17 heavy (non-hydrogen) atoms. The number of aliphatic hydroxyl groups is 2. The number of anilines is 1. The minimum Gasteiger partial charge on any atom is -0.393 e. The smallest absolute Gasteiger partial charge is 0.146 e. The predicted molar refractivity (Wildman–Crippen MR) is 66.6 cm³/mol. The lowest BCUT2D eigenvalue weighted by molar-refractivity contribution is 0.186. The molecule has 0 radical (unpaired) electrons. The summed E-state index contributed by atoms with van der Waals surface area (Å²) in [5.41, 5.74) is 0.973. The molecule has 0 saturated carbocycles. The van der Waals surface area contributed by atoms with E-state index in [-0.39, 0.29) is 5.82 Å². The lowest BCUT2D eigenvalue weighted by atomic mass is 10.1. The third-order valence-corrected chi connectivity index (χ3v) is 2.73. The lowest BCUT2D eigenvalue weighted by Gasteiger charge is -2.24. The number of rotatable bonds is 5. The number of hydrogen-bond acceptors (Lipinski definition) is 3. The van der Waals surface area contributed by atoms with Crippen molar-refractivity contribution in [1.82, 2.24) is 0 Å². The van der Waals surface area contributed by atoms with Crippen LogP contribution >= 0.6 is 0 Å². The van der Waals surface area contributed by atoms with Crippen molar-refractivity contribution in [2.24, 2.45) is 0 Å². The first-order valence-corrected chi connectivity index (χ1v) is 5.79. The molecular weight excluding hydrogens is 221 g/mol. The minimum atomic E-state index is -0.713. The Kier molecular flexibility index (Phi) is 4.90. The van der Waals surface area contributed by atoms with E-state index < -0.39 is 12.2 Å². The van der Waals surface area contributed by atoms with Gasteiger partial charge in [-0.25, -0.2) is 4.39 Å². The maximum atomic E-state index is 13.8. The standard InChI is InChI=1S/C13H20FNO2/c1-9(16)7-8-15(3)13-11(10(2)17)5-4-6-12(13)14/h4-6,9-10,16-17H,7-8H2,1-3H3/t9?,10-/m1/s1. The van der Waals surface area contributed by atoms with Crippen molar-refractivity contribution in [3.63, 3.8) is 0 Å². The van der Waals surface area contributed by atoms with Gasteiger partial charge in [-0.1, -0.05) is 12.1 Å². The fraction of sp³-hybridized carbons (Fsp3) is 0.538. The second kappa shape index (κ2) is 5.98. The van der Waals surface area contributed by atoms with Crippen LogP contribution in [-0.2, 0) is 0 Å². The van der Waals surface area contributed by atoms with Crippen molar-refractivity contribution in [2.45, 2.75) is 32.5 Å². The molecule has 2 atom stereocenters. The van der Waals surface area contributed by atoms with Gasteiger partial charge in [-0.05, 0) is 26.3 Å². The Hall–Kier alpha value is -1.13. The van der Waals surface area contributed by atoms with Crippen LogP contribution in [0.3, 0.4) is 0 Å². The average molecular weight is 241 g/mol.